The second-order valence-corrected chi connectivity index (χ2v) is 7.65. The summed E-state index contributed by atoms with van der Waals surface area (Å²) in [5.41, 5.74) is 6.69. The number of benzene rings is 1. The van der Waals surface area contributed by atoms with Gasteiger partial charge in [-0.1, -0.05) is 26.0 Å². The van der Waals surface area contributed by atoms with Crippen LogP contribution in [0.25, 0.3) is 0 Å². The lowest BCUT2D eigenvalue weighted by molar-refractivity contribution is 0.554. The zero-order chi connectivity index (χ0) is 15.6. The van der Waals surface area contributed by atoms with Gasteiger partial charge in [0.05, 0.1) is 17.4 Å². The second-order valence-electron chi connectivity index (χ2n) is 5.14. The molecular weight excluding hydrogens is 306 g/mol. The van der Waals surface area contributed by atoms with Crippen molar-refractivity contribution in [3.63, 3.8) is 0 Å². The number of hydrogen-bond acceptors (Lipinski definition) is 5. The average Bonchev–Trinajstić information content (AvgIpc) is 2.89. The fourth-order valence-corrected chi connectivity index (χ4v) is 3.75. The molecule has 1 unspecified atom stereocenters. The fourth-order valence-electron chi connectivity index (χ4n) is 2.12. The molecule has 1 aromatic heterocycles. The molecule has 0 aliphatic heterocycles. The average molecular weight is 325 g/mol. The summed E-state index contributed by atoms with van der Waals surface area (Å²) in [6.45, 7) is 4.19. The van der Waals surface area contributed by atoms with Gasteiger partial charge in [0.1, 0.15) is 4.90 Å². The highest BCUT2D eigenvalue weighted by Gasteiger charge is 2.20. The molecular formula is C14H19N3O2S2. The molecule has 114 valence electrons. The highest BCUT2D eigenvalue weighted by atomic mass is 32.2. The first-order valence-electron chi connectivity index (χ1n) is 6.52. The standard InChI is InChI=1S/C14H19N3O2S2/c1-9(2)14(11-6-4-8-20-11)17-10-5-3-7-12(13(10)15)21(16,18)19/h3-9,14,17H,15H2,1-2H3,(H2,16,18,19). The van der Waals surface area contributed by atoms with Crippen molar-refractivity contribution in [2.24, 2.45) is 11.1 Å². The summed E-state index contributed by atoms with van der Waals surface area (Å²) < 4.78 is 23.1. The summed E-state index contributed by atoms with van der Waals surface area (Å²) >= 11 is 1.65. The molecule has 7 heteroatoms. The molecule has 0 aliphatic carbocycles. The maximum absolute atomic E-state index is 11.5. The van der Waals surface area contributed by atoms with Crippen molar-refractivity contribution in [2.75, 3.05) is 11.1 Å². The van der Waals surface area contributed by atoms with Gasteiger partial charge in [0, 0.05) is 4.88 Å². The number of hydrogen-bond donors (Lipinski definition) is 3. The molecule has 5 nitrogen and oxygen atoms in total. The minimum absolute atomic E-state index is 0.0545. The summed E-state index contributed by atoms with van der Waals surface area (Å²) in [5, 5.41) is 10.5. The first kappa shape index (κ1) is 15.8. The van der Waals surface area contributed by atoms with Gasteiger partial charge in [-0.3, -0.25) is 0 Å². The van der Waals surface area contributed by atoms with E-state index in [4.69, 9.17) is 10.9 Å². The number of nitrogens with one attached hydrogen (secondary N) is 1. The molecule has 1 aromatic carbocycles. The van der Waals surface area contributed by atoms with Gasteiger partial charge >= 0.3 is 0 Å². The third-order valence-corrected chi connectivity index (χ3v) is 5.12. The van der Waals surface area contributed by atoms with E-state index < -0.39 is 10.0 Å². The van der Waals surface area contributed by atoms with Gasteiger partial charge in [-0.15, -0.1) is 11.3 Å². The first-order valence-corrected chi connectivity index (χ1v) is 8.94. The number of rotatable bonds is 5. The van der Waals surface area contributed by atoms with Gasteiger partial charge < -0.3 is 11.1 Å². The Bertz CT molecular complexity index is 710. The lowest BCUT2D eigenvalue weighted by Crippen LogP contribution is -2.19. The largest absolute Gasteiger partial charge is 0.396 e. The van der Waals surface area contributed by atoms with Crippen LogP contribution in [-0.4, -0.2) is 8.42 Å². The summed E-state index contributed by atoms with van der Waals surface area (Å²) in [6, 6.07) is 8.88. The van der Waals surface area contributed by atoms with Gasteiger partial charge in [-0.2, -0.15) is 0 Å². The van der Waals surface area contributed by atoms with Crippen LogP contribution in [0.5, 0.6) is 0 Å². The van der Waals surface area contributed by atoms with Crippen LogP contribution in [0.3, 0.4) is 0 Å². The maximum Gasteiger partial charge on any atom is 0.240 e. The predicted octanol–water partition coefficient (Wildman–Crippen LogP) is 2.79. The van der Waals surface area contributed by atoms with Gasteiger partial charge in [-0.05, 0) is 29.5 Å². The molecule has 0 bridgehead atoms. The van der Waals surface area contributed by atoms with Crippen molar-refractivity contribution < 1.29 is 8.42 Å². The highest BCUT2D eigenvalue weighted by molar-refractivity contribution is 7.89. The Balaban J connectivity index is 2.39. The van der Waals surface area contributed by atoms with E-state index in [-0.39, 0.29) is 16.6 Å². The number of thiophene rings is 1. The summed E-state index contributed by atoms with van der Waals surface area (Å²) in [6.07, 6.45) is 0. The molecule has 5 N–H and O–H groups in total. The molecule has 1 heterocycles. The topological polar surface area (TPSA) is 98.2 Å². The zero-order valence-electron chi connectivity index (χ0n) is 11.9. The molecule has 0 saturated heterocycles. The summed E-state index contributed by atoms with van der Waals surface area (Å²) in [7, 11) is -3.83. The third-order valence-electron chi connectivity index (χ3n) is 3.20. The monoisotopic (exact) mass is 325 g/mol. The van der Waals surface area contributed by atoms with E-state index in [9.17, 15) is 8.42 Å². The molecule has 2 aromatic rings. The van der Waals surface area contributed by atoms with E-state index in [0.29, 0.717) is 11.6 Å². The van der Waals surface area contributed by atoms with Crippen LogP contribution < -0.4 is 16.2 Å². The predicted molar refractivity (Wildman–Crippen MR) is 87.7 cm³/mol. The van der Waals surface area contributed by atoms with Crippen molar-refractivity contribution in [3.05, 3.63) is 40.6 Å². The minimum Gasteiger partial charge on any atom is -0.396 e. The quantitative estimate of drug-likeness (QED) is 0.736. The Morgan fingerprint density at radius 1 is 1.19 bits per heavy atom. The number of primary sulfonamides is 1. The van der Waals surface area contributed by atoms with Crippen LogP contribution in [0.2, 0.25) is 0 Å². The van der Waals surface area contributed by atoms with Gasteiger partial charge in [0.2, 0.25) is 10.0 Å². The molecule has 0 spiro atoms. The smallest absolute Gasteiger partial charge is 0.240 e. The van der Waals surface area contributed by atoms with Crippen molar-refractivity contribution in [1.29, 1.82) is 0 Å². The van der Waals surface area contributed by atoms with Crippen LogP contribution in [0.1, 0.15) is 24.8 Å². The van der Waals surface area contributed by atoms with Crippen LogP contribution in [0, 0.1) is 5.92 Å². The lowest BCUT2D eigenvalue weighted by atomic mass is 10.0. The normalized spacial score (nSPS) is 13.3. The van der Waals surface area contributed by atoms with E-state index in [0.717, 1.165) is 0 Å². The molecule has 0 amide bonds. The van der Waals surface area contributed by atoms with Crippen LogP contribution >= 0.6 is 11.3 Å². The molecule has 0 fully saturated rings. The van der Waals surface area contributed by atoms with E-state index in [1.165, 1.54) is 10.9 Å². The SMILES string of the molecule is CC(C)C(Nc1cccc(S(N)(=O)=O)c1N)c1cccs1. The minimum atomic E-state index is -3.83. The zero-order valence-corrected chi connectivity index (χ0v) is 13.5. The highest BCUT2D eigenvalue weighted by Crippen LogP contribution is 2.33. The first-order chi connectivity index (χ1) is 9.80. The van der Waals surface area contributed by atoms with Crippen molar-refractivity contribution in [2.45, 2.75) is 24.8 Å². The van der Waals surface area contributed by atoms with Crippen molar-refractivity contribution in [3.8, 4) is 0 Å². The maximum atomic E-state index is 11.5. The van der Waals surface area contributed by atoms with E-state index in [2.05, 4.69) is 19.2 Å². The Hall–Kier alpha value is -1.57. The van der Waals surface area contributed by atoms with Crippen molar-refractivity contribution in [1.82, 2.24) is 0 Å². The number of para-hydroxylation sites is 1. The number of sulfonamides is 1. The summed E-state index contributed by atoms with van der Waals surface area (Å²) in [5.74, 6) is 0.321. The van der Waals surface area contributed by atoms with Crippen LogP contribution in [0.4, 0.5) is 11.4 Å². The number of anilines is 2. The molecule has 0 radical (unpaired) electrons. The number of nitrogen functional groups attached to an aromatic ring is 1. The van der Waals surface area contributed by atoms with Gasteiger partial charge in [0.15, 0.2) is 0 Å². The summed E-state index contributed by atoms with van der Waals surface area (Å²) in [4.78, 5) is 1.12. The molecule has 1 atom stereocenters. The number of nitrogens with two attached hydrogens (primary N) is 2. The Kier molecular flexibility index (Phi) is 4.55. The Labute approximate surface area is 129 Å². The second kappa shape index (κ2) is 6.05. The van der Waals surface area contributed by atoms with E-state index >= 15 is 0 Å². The van der Waals surface area contributed by atoms with Gasteiger partial charge in [0.25, 0.3) is 0 Å². The lowest BCUT2D eigenvalue weighted by Gasteiger charge is -2.24. The van der Waals surface area contributed by atoms with Gasteiger partial charge in [-0.25, -0.2) is 13.6 Å². The molecule has 0 aliphatic rings. The van der Waals surface area contributed by atoms with Crippen LogP contribution in [0.15, 0.2) is 40.6 Å². The third kappa shape index (κ3) is 3.55. The van der Waals surface area contributed by atoms with Crippen molar-refractivity contribution >= 4 is 32.7 Å². The fraction of sp³-hybridized carbons (Fsp3) is 0.286. The molecule has 21 heavy (non-hydrogen) atoms. The molecule has 0 saturated carbocycles. The van der Waals surface area contributed by atoms with E-state index in [1.54, 1.807) is 23.5 Å². The van der Waals surface area contributed by atoms with Crippen LogP contribution in [-0.2, 0) is 10.0 Å². The molecule has 2 rings (SSSR count). The Morgan fingerprint density at radius 2 is 1.90 bits per heavy atom. The van der Waals surface area contributed by atoms with E-state index in [1.807, 2.05) is 17.5 Å². The Morgan fingerprint density at radius 3 is 2.43 bits per heavy atom.